The van der Waals surface area contributed by atoms with Gasteiger partial charge in [0.05, 0.1) is 0 Å². The minimum absolute atomic E-state index is 0.349. The number of benzene rings is 1. The minimum Gasteiger partial charge on any atom is -0.330 e. The smallest absolute Gasteiger partial charge is 0.279 e. The molecule has 0 radical (unpaired) electrons. The molecule has 108 valence electrons. The maximum absolute atomic E-state index is 13.1. The molecule has 3 N–H and O–H groups in total. The Morgan fingerprint density at radius 2 is 2.16 bits per heavy atom. The van der Waals surface area contributed by atoms with Gasteiger partial charge in [-0.1, -0.05) is 12.1 Å². The topological polar surface area (TPSA) is 75.4 Å². The fourth-order valence-corrected chi connectivity index (χ4v) is 2.72. The van der Waals surface area contributed by atoms with Gasteiger partial charge in [0.1, 0.15) is 5.82 Å². The molecule has 0 amide bonds. The molecule has 1 aromatic rings. The lowest BCUT2D eigenvalue weighted by molar-refractivity contribution is 0.445. The van der Waals surface area contributed by atoms with E-state index in [9.17, 15) is 12.8 Å². The fourth-order valence-electron chi connectivity index (χ4n) is 1.59. The van der Waals surface area contributed by atoms with Crippen LogP contribution in [-0.4, -0.2) is 32.9 Å². The lowest BCUT2D eigenvalue weighted by atomic mass is 10.1. The average molecular weight is 289 g/mol. The van der Waals surface area contributed by atoms with Crippen LogP contribution in [0.4, 0.5) is 4.39 Å². The normalized spacial score (nSPS) is 13.7. The molecule has 1 rings (SSSR count). The van der Waals surface area contributed by atoms with Gasteiger partial charge in [-0.2, -0.15) is 17.4 Å². The van der Waals surface area contributed by atoms with Crippen LogP contribution in [0.5, 0.6) is 0 Å². The van der Waals surface area contributed by atoms with E-state index in [1.54, 1.807) is 19.1 Å². The van der Waals surface area contributed by atoms with Crippen molar-refractivity contribution in [2.45, 2.75) is 19.4 Å². The first-order valence-electron chi connectivity index (χ1n) is 6.06. The molecular weight excluding hydrogens is 269 g/mol. The van der Waals surface area contributed by atoms with Crippen LogP contribution in [0.25, 0.3) is 0 Å². The highest BCUT2D eigenvalue weighted by molar-refractivity contribution is 7.87. The van der Waals surface area contributed by atoms with Crippen molar-refractivity contribution in [2.24, 2.45) is 5.73 Å². The van der Waals surface area contributed by atoms with Crippen LogP contribution < -0.4 is 10.5 Å². The van der Waals surface area contributed by atoms with Crippen molar-refractivity contribution >= 4 is 10.2 Å². The van der Waals surface area contributed by atoms with E-state index in [0.29, 0.717) is 25.1 Å². The van der Waals surface area contributed by atoms with Gasteiger partial charge in [-0.25, -0.2) is 4.39 Å². The van der Waals surface area contributed by atoms with Crippen molar-refractivity contribution < 1.29 is 12.8 Å². The van der Waals surface area contributed by atoms with E-state index in [4.69, 9.17) is 5.73 Å². The Labute approximate surface area is 113 Å². The number of nitrogens with two attached hydrogens (primary N) is 1. The van der Waals surface area contributed by atoms with Gasteiger partial charge < -0.3 is 5.73 Å². The monoisotopic (exact) mass is 289 g/mol. The molecule has 0 fully saturated rings. The first-order chi connectivity index (χ1) is 8.86. The lowest BCUT2D eigenvalue weighted by Gasteiger charge is -2.21. The van der Waals surface area contributed by atoms with Crippen molar-refractivity contribution in [1.82, 2.24) is 9.03 Å². The summed E-state index contributed by atoms with van der Waals surface area (Å²) in [5, 5.41) is 0. The number of rotatable bonds is 7. The second kappa shape index (κ2) is 6.95. The molecule has 7 heteroatoms. The maximum Gasteiger partial charge on any atom is 0.279 e. The van der Waals surface area contributed by atoms with Crippen LogP contribution in [0.1, 0.15) is 24.9 Å². The Morgan fingerprint density at radius 3 is 2.74 bits per heavy atom. The average Bonchev–Trinajstić information content (AvgIpc) is 2.35. The second-order valence-electron chi connectivity index (χ2n) is 4.36. The van der Waals surface area contributed by atoms with Gasteiger partial charge in [-0.15, -0.1) is 0 Å². The Hall–Kier alpha value is -1.02. The van der Waals surface area contributed by atoms with Gasteiger partial charge >= 0.3 is 0 Å². The summed E-state index contributed by atoms with van der Waals surface area (Å²) in [5.74, 6) is -0.389. The predicted molar refractivity (Wildman–Crippen MR) is 73.2 cm³/mol. The molecule has 0 aliphatic heterocycles. The van der Waals surface area contributed by atoms with Crippen LogP contribution in [0.3, 0.4) is 0 Å². The Balaban J connectivity index is 2.72. The third kappa shape index (κ3) is 4.87. The molecule has 0 aliphatic rings. The summed E-state index contributed by atoms with van der Waals surface area (Å²) in [6.07, 6.45) is 0.589. The molecule has 1 unspecified atom stereocenters. The summed E-state index contributed by atoms with van der Waals surface area (Å²) >= 11 is 0. The van der Waals surface area contributed by atoms with Gasteiger partial charge in [0.25, 0.3) is 10.2 Å². The summed E-state index contributed by atoms with van der Waals surface area (Å²) in [6.45, 7) is 2.45. The van der Waals surface area contributed by atoms with Gasteiger partial charge in [0, 0.05) is 19.6 Å². The summed E-state index contributed by atoms with van der Waals surface area (Å²) in [7, 11) is -2.10. The molecule has 19 heavy (non-hydrogen) atoms. The van der Waals surface area contributed by atoms with Crippen LogP contribution >= 0.6 is 0 Å². The number of nitrogens with zero attached hydrogens (tertiary/aromatic N) is 1. The molecule has 0 saturated carbocycles. The highest BCUT2D eigenvalue weighted by Crippen LogP contribution is 2.15. The number of hydrogen-bond acceptors (Lipinski definition) is 3. The summed E-state index contributed by atoms with van der Waals surface area (Å²) in [6, 6.07) is 5.36. The van der Waals surface area contributed by atoms with Crippen LogP contribution in [0.15, 0.2) is 24.3 Å². The van der Waals surface area contributed by atoms with Gasteiger partial charge in [0.2, 0.25) is 0 Å². The first kappa shape index (κ1) is 16.0. The van der Waals surface area contributed by atoms with Crippen molar-refractivity contribution in [2.75, 3.05) is 20.1 Å². The van der Waals surface area contributed by atoms with E-state index in [-0.39, 0.29) is 5.82 Å². The van der Waals surface area contributed by atoms with Gasteiger partial charge in [-0.05, 0) is 37.6 Å². The van der Waals surface area contributed by atoms with Crippen LogP contribution in [0, 0.1) is 5.82 Å². The number of halogens is 1. The standard InChI is InChI=1S/C12H20FN3O2S/c1-10(11-5-3-6-12(13)9-11)15-19(17,18)16(2)8-4-7-14/h3,5-6,9-10,15H,4,7-8,14H2,1-2H3. The second-order valence-corrected chi connectivity index (χ2v) is 6.17. The molecule has 1 aromatic carbocycles. The van der Waals surface area contributed by atoms with E-state index >= 15 is 0 Å². The maximum atomic E-state index is 13.1. The summed E-state index contributed by atoms with van der Waals surface area (Å²) in [4.78, 5) is 0. The highest BCUT2D eigenvalue weighted by atomic mass is 32.2. The predicted octanol–water partition coefficient (Wildman–Crippen LogP) is 1.00. The van der Waals surface area contributed by atoms with E-state index in [1.165, 1.54) is 23.5 Å². The molecule has 0 spiro atoms. The molecule has 0 aromatic heterocycles. The van der Waals surface area contributed by atoms with E-state index < -0.39 is 16.3 Å². The molecule has 0 saturated heterocycles. The Morgan fingerprint density at radius 1 is 1.47 bits per heavy atom. The summed E-state index contributed by atoms with van der Waals surface area (Å²) in [5.41, 5.74) is 5.92. The zero-order valence-electron chi connectivity index (χ0n) is 11.1. The van der Waals surface area contributed by atoms with Crippen molar-refractivity contribution in [1.29, 1.82) is 0 Å². The number of nitrogens with one attached hydrogen (secondary N) is 1. The quantitative estimate of drug-likeness (QED) is 0.786. The van der Waals surface area contributed by atoms with E-state index in [1.807, 2.05) is 0 Å². The molecule has 0 heterocycles. The summed E-state index contributed by atoms with van der Waals surface area (Å²) < 4.78 is 40.8. The third-order valence-electron chi connectivity index (χ3n) is 2.76. The third-order valence-corrected chi connectivity index (χ3v) is 4.42. The van der Waals surface area contributed by atoms with E-state index in [2.05, 4.69) is 4.72 Å². The SMILES string of the molecule is CC(NS(=O)(=O)N(C)CCCN)c1cccc(F)c1. The van der Waals surface area contributed by atoms with Crippen LogP contribution in [0.2, 0.25) is 0 Å². The van der Waals surface area contributed by atoms with Crippen molar-refractivity contribution in [3.05, 3.63) is 35.6 Å². The molecule has 5 nitrogen and oxygen atoms in total. The fraction of sp³-hybridized carbons (Fsp3) is 0.500. The lowest BCUT2D eigenvalue weighted by Crippen LogP contribution is -2.40. The minimum atomic E-state index is -3.59. The molecule has 0 aliphatic carbocycles. The van der Waals surface area contributed by atoms with E-state index in [0.717, 1.165) is 0 Å². The van der Waals surface area contributed by atoms with Gasteiger partial charge in [0.15, 0.2) is 0 Å². The van der Waals surface area contributed by atoms with Gasteiger partial charge in [-0.3, -0.25) is 0 Å². The molecule has 1 atom stereocenters. The Bertz CT molecular complexity index is 507. The molecular formula is C12H20FN3O2S. The largest absolute Gasteiger partial charge is 0.330 e. The zero-order valence-corrected chi connectivity index (χ0v) is 12.0. The Kier molecular flexibility index (Phi) is 5.86. The first-order valence-corrected chi connectivity index (χ1v) is 7.50. The van der Waals surface area contributed by atoms with Crippen LogP contribution in [-0.2, 0) is 10.2 Å². The zero-order chi connectivity index (χ0) is 14.5. The number of hydrogen-bond donors (Lipinski definition) is 2. The van der Waals surface area contributed by atoms with Crippen molar-refractivity contribution in [3.63, 3.8) is 0 Å². The van der Waals surface area contributed by atoms with Crippen molar-refractivity contribution in [3.8, 4) is 0 Å². The highest BCUT2D eigenvalue weighted by Gasteiger charge is 2.20. The molecule has 0 bridgehead atoms.